The molecule has 96 valence electrons. The molecule has 0 aromatic carbocycles. The molecule has 0 aliphatic carbocycles. The fourth-order valence-corrected chi connectivity index (χ4v) is 1.07. The minimum Gasteiger partial charge on any atom is -0.461 e. The normalized spacial score (nSPS) is 12.4. The molecule has 1 atom stereocenters. The van der Waals surface area contributed by atoms with Crippen molar-refractivity contribution in [2.45, 2.75) is 46.3 Å². The number of hydrazine groups is 1. The van der Waals surface area contributed by atoms with E-state index in [4.69, 9.17) is 10.6 Å². The Hall–Kier alpha value is -1.63. The number of nitrogens with one attached hydrogen (secondary N) is 2. The fraction of sp³-hybridized carbons (Fsp3) is 0.700. The zero-order chi connectivity index (χ0) is 12.8. The molecule has 4 N–H and O–H groups in total. The van der Waals surface area contributed by atoms with Crippen LogP contribution in [0.4, 0.5) is 11.9 Å². The van der Waals surface area contributed by atoms with Gasteiger partial charge in [0.25, 0.3) is 0 Å². The number of anilines is 2. The van der Waals surface area contributed by atoms with Gasteiger partial charge in [-0.3, -0.25) is 5.43 Å². The first-order chi connectivity index (χ1) is 8.05. The molecule has 0 fully saturated rings. The number of nitrogen functional groups attached to an aromatic ring is 1. The zero-order valence-electron chi connectivity index (χ0n) is 10.7. The van der Waals surface area contributed by atoms with Crippen molar-refractivity contribution in [1.29, 1.82) is 0 Å². The molecule has 0 aliphatic heterocycles. The van der Waals surface area contributed by atoms with Crippen LogP contribution >= 0.6 is 0 Å². The lowest BCUT2D eigenvalue weighted by Crippen LogP contribution is -2.19. The van der Waals surface area contributed by atoms with E-state index in [1.165, 1.54) is 0 Å². The molecule has 0 saturated carbocycles. The third kappa shape index (κ3) is 4.39. The Bertz CT molecular complexity index is 357. The van der Waals surface area contributed by atoms with Gasteiger partial charge >= 0.3 is 6.01 Å². The summed E-state index contributed by atoms with van der Waals surface area (Å²) in [6.45, 7) is 7.93. The number of rotatable bonds is 6. The summed E-state index contributed by atoms with van der Waals surface area (Å²) in [6.07, 6.45) is 0.969. The van der Waals surface area contributed by atoms with Crippen LogP contribution < -0.4 is 21.3 Å². The highest BCUT2D eigenvalue weighted by Gasteiger charge is 2.09. The fourth-order valence-electron chi connectivity index (χ4n) is 1.07. The maximum atomic E-state index is 5.41. The van der Waals surface area contributed by atoms with Crippen LogP contribution in [0.1, 0.15) is 34.1 Å². The van der Waals surface area contributed by atoms with E-state index in [2.05, 4.69) is 32.6 Å². The topological polar surface area (TPSA) is 98.0 Å². The SMILES string of the molecule is CCC(C)Nc1nc(NN)nc(OC(C)C)n1. The second-order valence-electron chi connectivity index (χ2n) is 4.03. The Kier molecular flexibility index (Phi) is 4.89. The minimum absolute atomic E-state index is 0.000488. The molecule has 0 aliphatic rings. The Balaban J connectivity index is 2.88. The maximum Gasteiger partial charge on any atom is 0.323 e. The molecule has 0 spiro atoms. The van der Waals surface area contributed by atoms with Gasteiger partial charge in [-0.1, -0.05) is 6.92 Å². The predicted molar refractivity (Wildman–Crippen MR) is 66.8 cm³/mol. The summed E-state index contributed by atoms with van der Waals surface area (Å²) in [5.41, 5.74) is 2.39. The summed E-state index contributed by atoms with van der Waals surface area (Å²) in [5.74, 6) is 6.03. The first kappa shape index (κ1) is 13.4. The van der Waals surface area contributed by atoms with E-state index < -0.39 is 0 Å². The Morgan fingerprint density at radius 3 is 2.35 bits per heavy atom. The number of hydrogen-bond acceptors (Lipinski definition) is 7. The molecule has 1 heterocycles. The Morgan fingerprint density at radius 2 is 1.82 bits per heavy atom. The van der Waals surface area contributed by atoms with Crippen LogP contribution in [-0.2, 0) is 0 Å². The van der Waals surface area contributed by atoms with Crippen LogP contribution in [-0.4, -0.2) is 27.1 Å². The van der Waals surface area contributed by atoms with Gasteiger partial charge in [0.15, 0.2) is 0 Å². The van der Waals surface area contributed by atoms with Crippen molar-refractivity contribution in [3.63, 3.8) is 0 Å². The van der Waals surface area contributed by atoms with Crippen molar-refractivity contribution in [2.75, 3.05) is 10.7 Å². The Labute approximate surface area is 101 Å². The average molecular weight is 240 g/mol. The van der Waals surface area contributed by atoms with E-state index in [-0.39, 0.29) is 24.1 Å². The molecule has 0 radical (unpaired) electrons. The van der Waals surface area contributed by atoms with E-state index in [0.717, 1.165) is 6.42 Å². The van der Waals surface area contributed by atoms with Crippen molar-refractivity contribution < 1.29 is 4.74 Å². The van der Waals surface area contributed by atoms with Crippen LogP contribution in [0.3, 0.4) is 0 Å². The molecule has 0 saturated heterocycles. The first-order valence-corrected chi connectivity index (χ1v) is 5.71. The van der Waals surface area contributed by atoms with E-state index in [0.29, 0.717) is 5.95 Å². The van der Waals surface area contributed by atoms with Gasteiger partial charge in [-0.15, -0.1) is 0 Å². The summed E-state index contributed by atoms with van der Waals surface area (Å²) in [7, 11) is 0. The van der Waals surface area contributed by atoms with Crippen LogP contribution in [0.5, 0.6) is 6.01 Å². The largest absolute Gasteiger partial charge is 0.461 e. The lowest BCUT2D eigenvalue weighted by molar-refractivity contribution is 0.222. The maximum absolute atomic E-state index is 5.41. The number of ether oxygens (including phenoxy) is 1. The van der Waals surface area contributed by atoms with E-state index in [1.807, 2.05) is 20.8 Å². The van der Waals surface area contributed by atoms with Crippen LogP contribution in [0, 0.1) is 0 Å². The summed E-state index contributed by atoms with van der Waals surface area (Å²) < 4.78 is 5.41. The standard InChI is InChI=1S/C10H20N6O/c1-5-7(4)12-8-13-9(16-11)15-10(14-8)17-6(2)3/h6-7H,5,11H2,1-4H3,(H2,12,13,14,15,16). The molecule has 1 unspecified atom stereocenters. The predicted octanol–water partition coefficient (Wildman–Crippen LogP) is 1.15. The highest BCUT2D eigenvalue weighted by atomic mass is 16.5. The van der Waals surface area contributed by atoms with E-state index in [9.17, 15) is 0 Å². The highest BCUT2D eigenvalue weighted by Crippen LogP contribution is 2.13. The molecule has 1 aromatic rings. The average Bonchev–Trinajstić information content (AvgIpc) is 2.27. The smallest absolute Gasteiger partial charge is 0.323 e. The Morgan fingerprint density at radius 1 is 1.18 bits per heavy atom. The molecule has 17 heavy (non-hydrogen) atoms. The van der Waals surface area contributed by atoms with Crippen LogP contribution in [0.2, 0.25) is 0 Å². The van der Waals surface area contributed by atoms with Crippen molar-refractivity contribution in [2.24, 2.45) is 5.84 Å². The van der Waals surface area contributed by atoms with E-state index >= 15 is 0 Å². The number of nitrogens with zero attached hydrogens (tertiary/aromatic N) is 3. The number of aromatic nitrogens is 3. The summed E-state index contributed by atoms with van der Waals surface area (Å²) >= 11 is 0. The summed E-state index contributed by atoms with van der Waals surface area (Å²) in [6, 6.07) is 0.531. The molecule has 1 rings (SSSR count). The quantitative estimate of drug-likeness (QED) is 0.507. The van der Waals surface area contributed by atoms with Gasteiger partial charge in [-0.2, -0.15) is 15.0 Å². The third-order valence-corrected chi connectivity index (χ3v) is 2.07. The monoisotopic (exact) mass is 240 g/mol. The summed E-state index contributed by atoms with van der Waals surface area (Å²) in [5, 5.41) is 3.14. The van der Waals surface area contributed by atoms with Gasteiger partial charge in [-0.25, -0.2) is 5.84 Å². The molecular formula is C10H20N6O. The summed E-state index contributed by atoms with van der Waals surface area (Å²) in [4.78, 5) is 12.3. The van der Waals surface area contributed by atoms with Crippen molar-refractivity contribution in [3.8, 4) is 6.01 Å². The lowest BCUT2D eigenvalue weighted by Gasteiger charge is -2.13. The van der Waals surface area contributed by atoms with Crippen LogP contribution in [0.15, 0.2) is 0 Å². The highest BCUT2D eigenvalue weighted by molar-refractivity contribution is 5.35. The number of nitrogens with two attached hydrogens (primary N) is 1. The molecule has 7 heteroatoms. The molecule has 0 amide bonds. The van der Waals surface area contributed by atoms with Gasteiger partial charge in [0.2, 0.25) is 11.9 Å². The minimum atomic E-state index is -0.000488. The second kappa shape index (κ2) is 6.19. The second-order valence-corrected chi connectivity index (χ2v) is 4.03. The van der Waals surface area contributed by atoms with Gasteiger partial charge < -0.3 is 10.1 Å². The molecular weight excluding hydrogens is 220 g/mol. The van der Waals surface area contributed by atoms with Crippen LogP contribution in [0.25, 0.3) is 0 Å². The van der Waals surface area contributed by atoms with Crippen molar-refractivity contribution in [1.82, 2.24) is 15.0 Å². The zero-order valence-corrected chi connectivity index (χ0v) is 10.7. The molecule has 0 bridgehead atoms. The molecule has 1 aromatic heterocycles. The van der Waals surface area contributed by atoms with Gasteiger partial charge in [-0.05, 0) is 27.2 Å². The lowest BCUT2D eigenvalue weighted by atomic mass is 10.3. The van der Waals surface area contributed by atoms with Gasteiger partial charge in [0.05, 0.1) is 6.10 Å². The van der Waals surface area contributed by atoms with Gasteiger partial charge in [0, 0.05) is 6.04 Å². The van der Waals surface area contributed by atoms with E-state index in [1.54, 1.807) is 0 Å². The molecule has 7 nitrogen and oxygen atoms in total. The van der Waals surface area contributed by atoms with Crippen molar-refractivity contribution in [3.05, 3.63) is 0 Å². The first-order valence-electron chi connectivity index (χ1n) is 5.71. The van der Waals surface area contributed by atoms with Crippen molar-refractivity contribution >= 4 is 11.9 Å². The van der Waals surface area contributed by atoms with Gasteiger partial charge in [0.1, 0.15) is 0 Å². The third-order valence-electron chi connectivity index (χ3n) is 2.07. The number of hydrogen-bond donors (Lipinski definition) is 3.